The Morgan fingerprint density at radius 1 is 1.20 bits per heavy atom. The van der Waals surface area contributed by atoms with Gasteiger partial charge in [0.2, 0.25) is 0 Å². The summed E-state index contributed by atoms with van der Waals surface area (Å²) in [7, 11) is 0. The van der Waals surface area contributed by atoms with Crippen LogP contribution in [0.2, 0.25) is 15.3 Å². The number of hydrogen-bond acceptors (Lipinski definition) is 3. The van der Waals surface area contributed by atoms with Gasteiger partial charge in [0.15, 0.2) is 10.3 Å². The number of hydrogen-bond donors (Lipinski definition) is 1. The Labute approximate surface area is 131 Å². The van der Waals surface area contributed by atoms with Gasteiger partial charge < -0.3 is 5.32 Å². The number of nitrogens with one attached hydrogen (secondary N) is 1. The van der Waals surface area contributed by atoms with E-state index in [9.17, 15) is 4.79 Å². The molecule has 1 aromatic carbocycles. The molecule has 0 aliphatic rings. The average Bonchev–Trinajstić information content (AvgIpc) is 2.41. The Bertz CT molecular complexity index is 649. The summed E-state index contributed by atoms with van der Waals surface area (Å²) in [6.45, 7) is 1.84. The Morgan fingerprint density at radius 3 is 2.65 bits per heavy atom. The second-order valence-corrected chi connectivity index (χ2v) is 5.30. The Morgan fingerprint density at radius 2 is 1.95 bits per heavy atom. The number of halogens is 3. The summed E-state index contributed by atoms with van der Waals surface area (Å²) in [5.41, 5.74) is 1.07. The summed E-state index contributed by atoms with van der Waals surface area (Å²) in [6.07, 6.45) is 0. The molecule has 0 spiro atoms. The molecule has 7 heteroatoms. The number of aromatic nitrogens is 2. The monoisotopic (exact) mass is 329 g/mol. The van der Waals surface area contributed by atoms with Crippen LogP contribution in [0.5, 0.6) is 0 Å². The molecule has 1 N–H and O–H groups in total. The van der Waals surface area contributed by atoms with Crippen LogP contribution in [0.4, 0.5) is 0 Å². The van der Waals surface area contributed by atoms with Crippen LogP contribution in [-0.2, 0) is 0 Å². The van der Waals surface area contributed by atoms with Crippen LogP contribution in [-0.4, -0.2) is 16.1 Å². The largest absolute Gasteiger partial charge is 0.345 e. The topological polar surface area (TPSA) is 54.9 Å². The first-order chi connectivity index (χ1) is 9.47. The molecule has 104 valence electrons. The van der Waals surface area contributed by atoms with E-state index in [4.69, 9.17) is 34.8 Å². The van der Waals surface area contributed by atoms with E-state index in [1.165, 1.54) is 6.07 Å². The SMILES string of the molecule is CC(NC(=O)c1cc(Cl)nnc1Cl)c1cccc(Cl)c1. The maximum absolute atomic E-state index is 12.1. The van der Waals surface area contributed by atoms with E-state index in [1.54, 1.807) is 12.1 Å². The molecule has 0 fully saturated rings. The van der Waals surface area contributed by atoms with Gasteiger partial charge in [-0.15, -0.1) is 10.2 Å². The third-order valence-electron chi connectivity index (χ3n) is 2.66. The Balaban J connectivity index is 2.17. The van der Waals surface area contributed by atoms with Crippen LogP contribution >= 0.6 is 34.8 Å². The highest BCUT2D eigenvalue weighted by atomic mass is 35.5. The van der Waals surface area contributed by atoms with Crippen molar-refractivity contribution in [3.8, 4) is 0 Å². The third-order valence-corrected chi connectivity index (χ3v) is 3.36. The third kappa shape index (κ3) is 3.60. The minimum Gasteiger partial charge on any atom is -0.345 e. The number of rotatable bonds is 3. The van der Waals surface area contributed by atoms with Crippen molar-refractivity contribution < 1.29 is 4.79 Å². The minimum absolute atomic E-state index is 0.00481. The summed E-state index contributed by atoms with van der Waals surface area (Å²) in [6, 6.07) is 8.38. The molecule has 1 aromatic heterocycles. The second-order valence-electron chi connectivity index (χ2n) is 4.12. The highest BCUT2D eigenvalue weighted by Gasteiger charge is 2.16. The van der Waals surface area contributed by atoms with Gasteiger partial charge in [0.25, 0.3) is 5.91 Å². The van der Waals surface area contributed by atoms with Crippen LogP contribution < -0.4 is 5.32 Å². The normalized spacial score (nSPS) is 12.0. The van der Waals surface area contributed by atoms with E-state index in [0.717, 1.165) is 5.56 Å². The molecule has 1 amide bonds. The van der Waals surface area contributed by atoms with Crippen molar-refractivity contribution in [3.63, 3.8) is 0 Å². The van der Waals surface area contributed by atoms with E-state index >= 15 is 0 Å². The van der Waals surface area contributed by atoms with Crippen LogP contribution in [0.3, 0.4) is 0 Å². The molecule has 0 aliphatic heterocycles. The van der Waals surface area contributed by atoms with Crippen molar-refractivity contribution >= 4 is 40.7 Å². The summed E-state index contributed by atoms with van der Waals surface area (Å²) in [5, 5.41) is 10.7. The van der Waals surface area contributed by atoms with E-state index < -0.39 is 0 Å². The van der Waals surface area contributed by atoms with Crippen molar-refractivity contribution in [2.24, 2.45) is 0 Å². The van der Waals surface area contributed by atoms with Gasteiger partial charge in [-0.1, -0.05) is 46.9 Å². The van der Waals surface area contributed by atoms with Crippen molar-refractivity contribution in [1.29, 1.82) is 0 Å². The van der Waals surface area contributed by atoms with Crippen LogP contribution in [0.25, 0.3) is 0 Å². The smallest absolute Gasteiger partial charge is 0.255 e. The first-order valence-corrected chi connectivity index (χ1v) is 6.86. The van der Waals surface area contributed by atoms with Crippen molar-refractivity contribution in [1.82, 2.24) is 15.5 Å². The van der Waals surface area contributed by atoms with Crippen LogP contribution in [0, 0.1) is 0 Å². The summed E-state index contributed by atoms with van der Waals surface area (Å²) in [5.74, 6) is -0.376. The summed E-state index contributed by atoms with van der Waals surface area (Å²) in [4.78, 5) is 12.1. The van der Waals surface area contributed by atoms with E-state index in [2.05, 4.69) is 15.5 Å². The predicted octanol–water partition coefficient (Wildman–Crippen LogP) is 3.93. The lowest BCUT2D eigenvalue weighted by Crippen LogP contribution is -2.27. The average molecular weight is 331 g/mol. The number of carbonyl (C=O) groups is 1. The van der Waals surface area contributed by atoms with Crippen molar-refractivity contribution in [2.45, 2.75) is 13.0 Å². The zero-order chi connectivity index (χ0) is 14.7. The van der Waals surface area contributed by atoms with Crippen LogP contribution in [0.15, 0.2) is 30.3 Å². The van der Waals surface area contributed by atoms with Gasteiger partial charge >= 0.3 is 0 Å². The molecule has 0 saturated carbocycles. The molecule has 0 radical (unpaired) electrons. The predicted molar refractivity (Wildman–Crippen MR) is 79.4 cm³/mol. The summed E-state index contributed by atoms with van der Waals surface area (Å²) < 4.78 is 0. The Kier molecular flexibility index (Phi) is 4.81. The zero-order valence-corrected chi connectivity index (χ0v) is 12.7. The number of nitrogens with zero attached hydrogens (tertiary/aromatic N) is 2. The molecule has 1 atom stereocenters. The highest BCUT2D eigenvalue weighted by Crippen LogP contribution is 2.20. The minimum atomic E-state index is -0.376. The van der Waals surface area contributed by atoms with Gasteiger partial charge in [-0.3, -0.25) is 4.79 Å². The van der Waals surface area contributed by atoms with E-state index in [0.29, 0.717) is 5.02 Å². The van der Waals surface area contributed by atoms with E-state index in [-0.39, 0.29) is 27.8 Å². The van der Waals surface area contributed by atoms with Gasteiger partial charge in [-0.2, -0.15) is 0 Å². The van der Waals surface area contributed by atoms with Crippen LogP contribution in [0.1, 0.15) is 28.9 Å². The van der Waals surface area contributed by atoms with Gasteiger partial charge in [-0.05, 0) is 30.7 Å². The highest BCUT2D eigenvalue weighted by molar-refractivity contribution is 6.34. The zero-order valence-electron chi connectivity index (χ0n) is 10.4. The lowest BCUT2D eigenvalue weighted by atomic mass is 10.1. The second kappa shape index (κ2) is 6.39. The number of amides is 1. The lowest BCUT2D eigenvalue weighted by Gasteiger charge is -2.15. The first-order valence-electron chi connectivity index (χ1n) is 5.72. The molecule has 0 aliphatic carbocycles. The molecule has 20 heavy (non-hydrogen) atoms. The quantitative estimate of drug-likeness (QED) is 0.927. The van der Waals surface area contributed by atoms with Gasteiger partial charge in [-0.25, -0.2) is 0 Å². The van der Waals surface area contributed by atoms with Gasteiger partial charge in [0.1, 0.15) is 0 Å². The maximum Gasteiger partial charge on any atom is 0.255 e. The Hall–Kier alpha value is -1.36. The lowest BCUT2D eigenvalue weighted by molar-refractivity contribution is 0.0939. The molecule has 2 rings (SSSR count). The molecule has 0 saturated heterocycles. The molecule has 1 unspecified atom stereocenters. The van der Waals surface area contributed by atoms with E-state index in [1.807, 2.05) is 19.1 Å². The standard InChI is InChI=1S/C13H10Cl3N3O/c1-7(8-3-2-4-9(14)5-8)17-13(20)10-6-11(15)18-19-12(10)16/h2-7H,1H3,(H,17,20). The molecule has 0 bridgehead atoms. The molecule has 2 aromatic rings. The number of carbonyl (C=O) groups excluding carboxylic acids is 1. The number of benzene rings is 1. The molecular formula is C13H10Cl3N3O. The fraction of sp³-hybridized carbons (Fsp3) is 0.154. The maximum atomic E-state index is 12.1. The fourth-order valence-electron chi connectivity index (χ4n) is 1.65. The molecular weight excluding hydrogens is 321 g/mol. The first kappa shape index (κ1) is 15.0. The summed E-state index contributed by atoms with van der Waals surface area (Å²) >= 11 is 17.5. The molecule has 4 nitrogen and oxygen atoms in total. The van der Waals surface area contributed by atoms with Gasteiger partial charge in [0, 0.05) is 5.02 Å². The van der Waals surface area contributed by atoms with Crippen molar-refractivity contribution in [3.05, 3.63) is 56.8 Å². The van der Waals surface area contributed by atoms with Gasteiger partial charge in [0.05, 0.1) is 11.6 Å². The fourth-order valence-corrected chi connectivity index (χ4v) is 2.17. The van der Waals surface area contributed by atoms with Crippen molar-refractivity contribution in [2.75, 3.05) is 0 Å². The molecule has 1 heterocycles.